The van der Waals surface area contributed by atoms with E-state index in [4.69, 9.17) is 0 Å². The quantitative estimate of drug-likeness (QED) is 0.833. The number of hydrogen-bond donors (Lipinski definition) is 2. The van der Waals surface area contributed by atoms with Crippen LogP contribution in [-0.4, -0.2) is 45.4 Å². The van der Waals surface area contributed by atoms with Gasteiger partial charge in [0, 0.05) is 61.9 Å². The highest BCUT2D eigenvalue weighted by molar-refractivity contribution is 7.15. The molecule has 8 heteroatoms. The zero-order chi connectivity index (χ0) is 17.1. The fourth-order valence-electron chi connectivity index (χ4n) is 2.80. The Hall–Kier alpha value is -2.06. The number of anilines is 2. The molecule has 0 saturated carbocycles. The lowest BCUT2D eigenvalue weighted by Crippen LogP contribution is -2.48. The molecule has 3 heterocycles. The lowest BCUT2D eigenvalue weighted by molar-refractivity contribution is -0.114. The van der Waals surface area contributed by atoms with Gasteiger partial charge in [-0.05, 0) is 13.8 Å². The van der Waals surface area contributed by atoms with Crippen LogP contribution in [0.2, 0.25) is 0 Å². The van der Waals surface area contributed by atoms with Gasteiger partial charge in [0.15, 0.2) is 5.13 Å². The van der Waals surface area contributed by atoms with Gasteiger partial charge in [0.2, 0.25) is 5.91 Å². The summed E-state index contributed by atoms with van der Waals surface area (Å²) in [7, 11) is 0. The fraction of sp³-hybridized carbons (Fsp3) is 0.500. The number of carbonyl (C=O) groups excluding carboxylic acids is 1. The number of likely N-dealkylation sites (tertiary alicyclic amines) is 1. The minimum Gasteiger partial charge on any atom is -0.370 e. The summed E-state index contributed by atoms with van der Waals surface area (Å²) >= 11 is 1.54. The molecule has 2 aromatic rings. The van der Waals surface area contributed by atoms with Crippen molar-refractivity contribution in [3.05, 3.63) is 28.7 Å². The average Bonchev–Trinajstić information content (AvgIpc) is 2.86. The predicted molar refractivity (Wildman–Crippen MR) is 95.2 cm³/mol. The third kappa shape index (κ3) is 4.48. The molecule has 7 nitrogen and oxygen atoms in total. The third-order valence-corrected chi connectivity index (χ3v) is 4.68. The Balaban J connectivity index is 1.41. The van der Waals surface area contributed by atoms with Gasteiger partial charge in [0.05, 0.1) is 0 Å². The maximum Gasteiger partial charge on any atom is 0.223 e. The second kappa shape index (κ2) is 7.23. The van der Waals surface area contributed by atoms with Crippen LogP contribution in [0.25, 0.3) is 0 Å². The van der Waals surface area contributed by atoms with Gasteiger partial charge in [-0.25, -0.2) is 15.0 Å². The lowest BCUT2D eigenvalue weighted by Gasteiger charge is -2.39. The Kier molecular flexibility index (Phi) is 5.06. The first-order valence-corrected chi connectivity index (χ1v) is 8.80. The van der Waals surface area contributed by atoms with Crippen molar-refractivity contribution in [1.82, 2.24) is 19.9 Å². The molecule has 3 rings (SSSR count). The highest BCUT2D eigenvalue weighted by atomic mass is 32.1. The number of thiazole rings is 1. The second-order valence-corrected chi connectivity index (χ2v) is 7.31. The van der Waals surface area contributed by atoms with Gasteiger partial charge in [-0.3, -0.25) is 9.69 Å². The maximum absolute atomic E-state index is 11.0. The summed E-state index contributed by atoms with van der Waals surface area (Å²) in [4.78, 5) is 27.5. The molecular formula is C16H22N6OS. The normalized spacial score (nSPS) is 15.1. The molecule has 1 aliphatic rings. The van der Waals surface area contributed by atoms with Crippen molar-refractivity contribution in [3.8, 4) is 0 Å². The van der Waals surface area contributed by atoms with Crippen LogP contribution in [0.5, 0.6) is 0 Å². The predicted octanol–water partition coefficient (Wildman–Crippen LogP) is 2.05. The van der Waals surface area contributed by atoms with Gasteiger partial charge < -0.3 is 10.6 Å². The average molecular weight is 346 g/mol. The number of amides is 1. The molecule has 0 radical (unpaired) electrons. The SMILES string of the molecule is CC(=O)Nc1ncc(CN2CC(CNc3cc(C)nc(C)n3)C2)s1. The first kappa shape index (κ1) is 16.8. The van der Waals surface area contributed by atoms with Crippen molar-refractivity contribution in [1.29, 1.82) is 0 Å². The minimum absolute atomic E-state index is 0.0822. The van der Waals surface area contributed by atoms with Gasteiger partial charge in [-0.15, -0.1) is 11.3 Å². The molecule has 1 fully saturated rings. The Labute approximate surface area is 145 Å². The molecule has 24 heavy (non-hydrogen) atoms. The second-order valence-electron chi connectivity index (χ2n) is 6.20. The summed E-state index contributed by atoms with van der Waals surface area (Å²) in [6.07, 6.45) is 1.84. The molecule has 1 aliphatic heterocycles. The highest BCUT2D eigenvalue weighted by Gasteiger charge is 2.26. The molecule has 128 valence electrons. The summed E-state index contributed by atoms with van der Waals surface area (Å²) in [6, 6.07) is 1.98. The maximum atomic E-state index is 11.0. The molecule has 0 bridgehead atoms. The van der Waals surface area contributed by atoms with Crippen molar-refractivity contribution in [3.63, 3.8) is 0 Å². The zero-order valence-electron chi connectivity index (χ0n) is 14.2. The first-order chi connectivity index (χ1) is 11.5. The van der Waals surface area contributed by atoms with Gasteiger partial charge in [-0.1, -0.05) is 0 Å². The van der Waals surface area contributed by atoms with Crippen LogP contribution in [-0.2, 0) is 11.3 Å². The number of aromatic nitrogens is 3. The van der Waals surface area contributed by atoms with E-state index in [-0.39, 0.29) is 5.91 Å². The van der Waals surface area contributed by atoms with E-state index in [0.717, 1.165) is 43.5 Å². The van der Waals surface area contributed by atoms with E-state index in [9.17, 15) is 4.79 Å². The van der Waals surface area contributed by atoms with Crippen LogP contribution in [0, 0.1) is 19.8 Å². The standard InChI is InChI=1S/C16H22N6OS/c1-10-4-15(20-11(2)19-10)17-5-13-7-22(8-13)9-14-6-18-16(24-14)21-12(3)23/h4,6,13H,5,7-9H2,1-3H3,(H,17,19,20)(H,18,21,23). The summed E-state index contributed by atoms with van der Waals surface area (Å²) in [5.74, 6) is 2.25. The van der Waals surface area contributed by atoms with Crippen LogP contribution >= 0.6 is 11.3 Å². The lowest BCUT2D eigenvalue weighted by atomic mass is 10.0. The van der Waals surface area contributed by atoms with Gasteiger partial charge in [-0.2, -0.15) is 0 Å². The number of hydrogen-bond acceptors (Lipinski definition) is 7. The van der Waals surface area contributed by atoms with Crippen LogP contribution in [0.15, 0.2) is 12.3 Å². The molecule has 2 N–H and O–H groups in total. The Morgan fingerprint density at radius 3 is 2.88 bits per heavy atom. The van der Waals surface area contributed by atoms with Crippen molar-refractivity contribution in [2.24, 2.45) is 5.92 Å². The topological polar surface area (TPSA) is 83.0 Å². The van der Waals surface area contributed by atoms with E-state index < -0.39 is 0 Å². The minimum atomic E-state index is -0.0822. The Bertz CT molecular complexity index is 705. The van der Waals surface area contributed by atoms with Crippen molar-refractivity contribution < 1.29 is 4.79 Å². The van der Waals surface area contributed by atoms with E-state index in [2.05, 4.69) is 30.5 Å². The van der Waals surface area contributed by atoms with E-state index in [0.29, 0.717) is 11.0 Å². The molecular weight excluding hydrogens is 324 g/mol. The molecule has 0 aliphatic carbocycles. The zero-order valence-corrected chi connectivity index (χ0v) is 15.0. The van der Waals surface area contributed by atoms with Crippen molar-refractivity contribution in [2.45, 2.75) is 27.3 Å². The van der Waals surface area contributed by atoms with Gasteiger partial charge >= 0.3 is 0 Å². The van der Waals surface area contributed by atoms with Crippen LogP contribution in [0.1, 0.15) is 23.3 Å². The summed E-state index contributed by atoms with van der Waals surface area (Å²) in [6.45, 7) is 9.32. The first-order valence-electron chi connectivity index (χ1n) is 7.99. The molecule has 1 saturated heterocycles. The number of nitrogens with zero attached hydrogens (tertiary/aromatic N) is 4. The van der Waals surface area contributed by atoms with Crippen LogP contribution in [0.3, 0.4) is 0 Å². The smallest absolute Gasteiger partial charge is 0.223 e. The fourth-order valence-corrected chi connectivity index (χ4v) is 3.70. The third-order valence-electron chi connectivity index (χ3n) is 3.79. The molecule has 0 spiro atoms. The van der Waals surface area contributed by atoms with Gasteiger partial charge in [0.1, 0.15) is 11.6 Å². The van der Waals surface area contributed by atoms with E-state index in [1.54, 1.807) is 0 Å². The van der Waals surface area contributed by atoms with E-state index in [1.807, 2.05) is 26.1 Å². The number of rotatable bonds is 6. The number of nitrogens with one attached hydrogen (secondary N) is 2. The monoisotopic (exact) mass is 346 g/mol. The Morgan fingerprint density at radius 2 is 2.17 bits per heavy atom. The van der Waals surface area contributed by atoms with Crippen LogP contribution < -0.4 is 10.6 Å². The van der Waals surface area contributed by atoms with Crippen LogP contribution in [0.4, 0.5) is 10.9 Å². The molecule has 0 atom stereocenters. The largest absolute Gasteiger partial charge is 0.370 e. The van der Waals surface area contributed by atoms with E-state index in [1.165, 1.54) is 23.1 Å². The molecule has 0 aromatic carbocycles. The molecule has 1 amide bonds. The highest BCUT2D eigenvalue weighted by Crippen LogP contribution is 2.24. The molecule has 2 aromatic heterocycles. The van der Waals surface area contributed by atoms with E-state index >= 15 is 0 Å². The van der Waals surface area contributed by atoms with Crippen molar-refractivity contribution >= 4 is 28.2 Å². The van der Waals surface area contributed by atoms with Gasteiger partial charge in [0.25, 0.3) is 0 Å². The number of aryl methyl sites for hydroxylation is 2. The number of carbonyl (C=O) groups is 1. The summed E-state index contributed by atoms with van der Waals surface area (Å²) in [5.41, 5.74) is 0.986. The Morgan fingerprint density at radius 1 is 1.38 bits per heavy atom. The summed E-state index contributed by atoms with van der Waals surface area (Å²) < 4.78 is 0. The molecule has 0 unspecified atom stereocenters. The summed E-state index contributed by atoms with van der Waals surface area (Å²) in [5, 5.41) is 6.79. The van der Waals surface area contributed by atoms with Crippen molar-refractivity contribution in [2.75, 3.05) is 30.3 Å².